The lowest BCUT2D eigenvalue weighted by molar-refractivity contribution is -0.119. The van der Waals surface area contributed by atoms with Crippen molar-refractivity contribution in [3.05, 3.63) is 35.4 Å². The fourth-order valence-corrected chi connectivity index (χ4v) is 2.77. The molecule has 1 N–H and O–H groups in total. The fraction of sp³-hybridized carbons (Fsp3) is 0.533. The zero-order valence-electron chi connectivity index (χ0n) is 11.2. The van der Waals surface area contributed by atoms with Crippen molar-refractivity contribution in [2.24, 2.45) is 0 Å². The highest BCUT2D eigenvalue weighted by Gasteiger charge is 2.35. The summed E-state index contributed by atoms with van der Waals surface area (Å²) in [6.45, 7) is 5.96. The molecule has 0 atom stereocenters. The van der Waals surface area contributed by atoms with Crippen molar-refractivity contribution in [3.8, 4) is 0 Å². The first-order valence-electron chi connectivity index (χ1n) is 6.52. The molecule has 1 fully saturated rings. The van der Waals surface area contributed by atoms with Gasteiger partial charge in [-0.1, -0.05) is 24.3 Å². The van der Waals surface area contributed by atoms with Gasteiger partial charge >= 0.3 is 0 Å². The largest absolute Gasteiger partial charge is 0.381 e. The number of aryl methyl sites for hydroxylation is 1. The normalized spacial score (nSPS) is 18.3. The predicted octanol–water partition coefficient (Wildman–Crippen LogP) is 2.18. The molecule has 0 radical (unpaired) electrons. The number of carbonyl (C=O) groups is 1. The molecule has 18 heavy (non-hydrogen) atoms. The number of carbonyl (C=O) groups excluding carboxylic acids is 1. The van der Waals surface area contributed by atoms with Gasteiger partial charge in [0, 0.05) is 32.1 Å². The van der Waals surface area contributed by atoms with Crippen molar-refractivity contribution in [1.29, 1.82) is 0 Å². The van der Waals surface area contributed by atoms with Gasteiger partial charge in [-0.05, 0) is 30.9 Å². The van der Waals surface area contributed by atoms with Crippen LogP contribution in [0.25, 0.3) is 0 Å². The van der Waals surface area contributed by atoms with Crippen LogP contribution in [0.15, 0.2) is 24.3 Å². The first-order chi connectivity index (χ1) is 8.64. The van der Waals surface area contributed by atoms with Crippen LogP contribution in [0.4, 0.5) is 0 Å². The Morgan fingerprint density at radius 3 is 2.61 bits per heavy atom. The summed E-state index contributed by atoms with van der Waals surface area (Å²) < 4.78 is 5.48. The number of hydrogen-bond donors (Lipinski definition) is 1. The molecule has 1 heterocycles. The third kappa shape index (κ3) is 2.72. The molecule has 0 saturated carbocycles. The summed E-state index contributed by atoms with van der Waals surface area (Å²) in [6.07, 6.45) is 1.94. The smallest absolute Gasteiger partial charge is 0.216 e. The first kappa shape index (κ1) is 13.1. The van der Waals surface area contributed by atoms with Crippen LogP contribution in [0.2, 0.25) is 0 Å². The molecule has 0 aliphatic carbocycles. The Labute approximate surface area is 109 Å². The highest BCUT2D eigenvalue weighted by Crippen LogP contribution is 2.36. The van der Waals surface area contributed by atoms with Gasteiger partial charge in [-0.2, -0.15) is 0 Å². The summed E-state index contributed by atoms with van der Waals surface area (Å²) in [7, 11) is 0. The van der Waals surface area contributed by atoms with Crippen LogP contribution < -0.4 is 5.32 Å². The van der Waals surface area contributed by atoms with Crippen LogP contribution in [0.5, 0.6) is 0 Å². The molecule has 1 saturated heterocycles. The summed E-state index contributed by atoms with van der Waals surface area (Å²) in [5.41, 5.74) is 2.68. The van der Waals surface area contributed by atoms with Crippen molar-refractivity contribution >= 4 is 5.91 Å². The second-order valence-electron chi connectivity index (χ2n) is 5.12. The van der Waals surface area contributed by atoms with Crippen molar-refractivity contribution in [2.45, 2.75) is 32.1 Å². The van der Waals surface area contributed by atoms with E-state index in [0.717, 1.165) is 26.1 Å². The summed E-state index contributed by atoms with van der Waals surface area (Å²) in [6, 6.07) is 8.46. The molecule has 3 nitrogen and oxygen atoms in total. The molecule has 1 amide bonds. The zero-order chi connectivity index (χ0) is 13.0. The van der Waals surface area contributed by atoms with Crippen LogP contribution >= 0.6 is 0 Å². The standard InChI is InChI=1S/C15H21NO2/c1-12-5-3-4-6-14(12)15(11-16-13(2)17)7-9-18-10-8-15/h3-6H,7-11H2,1-2H3,(H,16,17). The van der Waals surface area contributed by atoms with Crippen molar-refractivity contribution < 1.29 is 9.53 Å². The monoisotopic (exact) mass is 247 g/mol. The van der Waals surface area contributed by atoms with E-state index in [9.17, 15) is 4.79 Å². The lowest BCUT2D eigenvalue weighted by Gasteiger charge is -2.38. The van der Waals surface area contributed by atoms with Crippen LogP contribution in [-0.4, -0.2) is 25.7 Å². The molecule has 1 aliphatic heterocycles. The van der Waals surface area contributed by atoms with Crippen molar-refractivity contribution in [1.82, 2.24) is 5.32 Å². The average molecular weight is 247 g/mol. The molecule has 1 aliphatic rings. The number of hydrogen-bond acceptors (Lipinski definition) is 2. The van der Waals surface area contributed by atoms with E-state index < -0.39 is 0 Å². The number of rotatable bonds is 3. The molecule has 0 aromatic heterocycles. The number of ether oxygens (including phenoxy) is 1. The van der Waals surface area contributed by atoms with Gasteiger partial charge in [0.05, 0.1) is 0 Å². The third-order valence-electron chi connectivity index (χ3n) is 3.84. The Kier molecular flexibility index (Phi) is 4.02. The second kappa shape index (κ2) is 5.53. The maximum atomic E-state index is 11.2. The Morgan fingerprint density at radius 2 is 2.00 bits per heavy atom. The Balaban J connectivity index is 2.29. The lowest BCUT2D eigenvalue weighted by atomic mass is 9.72. The van der Waals surface area contributed by atoms with Crippen LogP contribution in [0.3, 0.4) is 0 Å². The summed E-state index contributed by atoms with van der Waals surface area (Å²) in [5.74, 6) is 0.0365. The molecule has 3 heteroatoms. The quantitative estimate of drug-likeness (QED) is 0.889. The SMILES string of the molecule is CC(=O)NCC1(c2ccccc2C)CCOCC1. The summed E-state index contributed by atoms with van der Waals surface area (Å²) in [4.78, 5) is 11.2. The number of benzene rings is 1. The zero-order valence-corrected chi connectivity index (χ0v) is 11.2. The molecular weight excluding hydrogens is 226 g/mol. The topological polar surface area (TPSA) is 38.3 Å². The van der Waals surface area contributed by atoms with E-state index in [0.29, 0.717) is 6.54 Å². The maximum Gasteiger partial charge on any atom is 0.216 e. The minimum Gasteiger partial charge on any atom is -0.381 e. The van der Waals surface area contributed by atoms with E-state index in [4.69, 9.17) is 4.74 Å². The third-order valence-corrected chi connectivity index (χ3v) is 3.84. The predicted molar refractivity (Wildman–Crippen MR) is 71.6 cm³/mol. The van der Waals surface area contributed by atoms with E-state index >= 15 is 0 Å². The van der Waals surface area contributed by atoms with Crippen LogP contribution in [-0.2, 0) is 14.9 Å². The van der Waals surface area contributed by atoms with Crippen LogP contribution in [0, 0.1) is 6.92 Å². The summed E-state index contributed by atoms with van der Waals surface area (Å²) in [5, 5.41) is 2.99. The van der Waals surface area contributed by atoms with E-state index in [1.54, 1.807) is 6.92 Å². The Hall–Kier alpha value is -1.35. The van der Waals surface area contributed by atoms with Gasteiger partial charge in [-0.15, -0.1) is 0 Å². The molecule has 0 unspecified atom stereocenters. The number of nitrogens with one attached hydrogen (secondary N) is 1. The highest BCUT2D eigenvalue weighted by molar-refractivity contribution is 5.73. The summed E-state index contributed by atoms with van der Waals surface area (Å²) >= 11 is 0. The van der Waals surface area contributed by atoms with Crippen molar-refractivity contribution in [2.75, 3.05) is 19.8 Å². The second-order valence-corrected chi connectivity index (χ2v) is 5.12. The van der Waals surface area contributed by atoms with Gasteiger partial charge < -0.3 is 10.1 Å². The van der Waals surface area contributed by atoms with Gasteiger partial charge in [0.1, 0.15) is 0 Å². The number of amides is 1. The van der Waals surface area contributed by atoms with Gasteiger partial charge in [0.15, 0.2) is 0 Å². The fourth-order valence-electron chi connectivity index (χ4n) is 2.77. The van der Waals surface area contributed by atoms with Gasteiger partial charge in [-0.3, -0.25) is 4.79 Å². The van der Waals surface area contributed by atoms with Gasteiger partial charge in [0.25, 0.3) is 0 Å². The minimum atomic E-state index is 0.0365. The Bertz CT molecular complexity index is 422. The van der Waals surface area contributed by atoms with E-state index in [2.05, 4.69) is 36.5 Å². The van der Waals surface area contributed by atoms with Crippen molar-refractivity contribution in [3.63, 3.8) is 0 Å². The molecule has 0 bridgehead atoms. The van der Waals surface area contributed by atoms with Gasteiger partial charge in [0.2, 0.25) is 5.91 Å². The minimum absolute atomic E-state index is 0.0365. The molecule has 1 aromatic carbocycles. The Morgan fingerprint density at radius 1 is 1.33 bits per heavy atom. The maximum absolute atomic E-state index is 11.2. The molecule has 98 valence electrons. The first-order valence-corrected chi connectivity index (χ1v) is 6.52. The molecule has 2 rings (SSSR count). The van der Waals surface area contributed by atoms with Gasteiger partial charge in [-0.25, -0.2) is 0 Å². The van der Waals surface area contributed by atoms with E-state index in [-0.39, 0.29) is 11.3 Å². The van der Waals surface area contributed by atoms with E-state index in [1.165, 1.54) is 11.1 Å². The molecule has 1 aromatic rings. The average Bonchev–Trinajstić information content (AvgIpc) is 2.38. The van der Waals surface area contributed by atoms with E-state index in [1.807, 2.05) is 0 Å². The highest BCUT2D eigenvalue weighted by atomic mass is 16.5. The lowest BCUT2D eigenvalue weighted by Crippen LogP contribution is -2.44. The molecule has 0 spiro atoms. The van der Waals surface area contributed by atoms with Crippen LogP contribution in [0.1, 0.15) is 30.9 Å². The molecular formula is C15H21NO2.